The van der Waals surface area contributed by atoms with Gasteiger partial charge in [-0.3, -0.25) is 4.57 Å². The molecule has 2 aromatic carbocycles. The Morgan fingerprint density at radius 1 is 1.28 bits per heavy atom. The van der Waals surface area contributed by atoms with Crippen molar-refractivity contribution in [3.63, 3.8) is 0 Å². The Kier molecular flexibility index (Phi) is 5.00. The Bertz CT molecular complexity index is 1140. The monoisotopic (exact) mass is 414 g/mol. The highest BCUT2D eigenvalue weighted by Gasteiger charge is 2.34. The van der Waals surface area contributed by atoms with Gasteiger partial charge >= 0.3 is 11.7 Å². The molecule has 29 heavy (non-hydrogen) atoms. The SMILES string of the molecule is COc1ccc(C2CC(n3c(=O)[nH]c4cc(C)ccc43)CCN2C(N)=O)cc1Cl. The predicted molar refractivity (Wildman–Crippen MR) is 113 cm³/mol. The minimum absolute atomic E-state index is 0.0690. The van der Waals surface area contributed by atoms with Crippen LogP contribution in [-0.2, 0) is 0 Å². The average Bonchev–Trinajstić information content (AvgIpc) is 3.02. The number of carbonyl (C=O) groups is 1. The fraction of sp³-hybridized carbons (Fsp3) is 0.333. The Morgan fingerprint density at radius 2 is 2.07 bits per heavy atom. The molecular weight excluding hydrogens is 392 g/mol. The number of hydrogen-bond acceptors (Lipinski definition) is 3. The molecule has 152 valence electrons. The van der Waals surface area contributed by atoms with Gasteiger partial charge in [-0.1, -0.05) is 23.7 Å². The maximum Gasteiger partial charge on any atom is 0.326 e. The first kappa shape index (κ1) is 19.4. The first-order valence-electron chi connectivity index (χ1n) is 9.49. The molecule has 2 unspecified atom stereocenters. The zero-order valence-corrected chi connectivity index (χ0v) is 17.1. The van der Waals surface area contributed by atoms with Crippen molar-refractivity contribution in [2.24, 2.45) is 5.73 Å². The number of methoxy groups -OCH3 is 1. The van der Waals surface area contributed by atoms with Crippen LogP contribution in [0.1, 0.15) is 36.1 Å². The molecule has 0 aliphatic carbocycles. The average molecular weight is 415 g/mol. The summed E-state index contributed by atoms with van der Waals surface area (Å²) in [6.07, 6.45) is 1.20. The predicted octanol–water partition coefficient (Wildman–Crippen LogP) is 3.76. The summed E-state index contributed by atoms with van der Waals surface area (Å²) in [6.45, 7) is 2.45. The van der Waals surface area contributed by atoms with E-state index in [1.807, 2.05) is 31.2 Å². The van der Waals surface area contributed by atoms with Gasteiger partial charge in [0.2, 0.25) is 0 Å². The van der Waals surface area contributed by atoms with Crippen LogP contribution in [0.15, 0.2) is 41.2 Å². The second-order valence-electron chi connectivity index (χ2n) is 7.44. The van der Waals surface area contributed by atoms with Crippen molar-refractivity contribution >= 4 is 28.7 Å². The molecule has 0 bridgehead atoms. The summed E-state index contributed by atoms with van der Waals surface area (Å²) in [5.41, 5.74) is 9.13. The Balaban J connectivity index is 1.74. The molecule has 0 saturated carbocycles. The van der Waals surface area contributed by atoms with Crippen LogP contribution in [0.5, 0.6) is 5.75 Å². The van der Waals surface area contributed by atoms with E-state index in [0.717, 1.165) is 22.2 Å². The van der Waals surface area contributed by atoms with Gasteiger partial charge in [-0.25, -0.2) is 9.59 Å². The molecule has 1 saturated heterocycles. The number of piperidine rings is 1. The number of aryl methyl sites for hydroxylation is 1. The lowest BCUT2D eigenvalue weighted by Gasteiger charge is -2.39. The number of primary amides is 1. The van der Waals surface area contributed by atoms with Crippen LogP contribution in [0, 0.1) is 6.92 Å². The van der Waals surface area contributed by atoms with Crippen LogP contribution in [0.25, 0.3) is 11.0 Å². The molecule has 2 atom stereocenters. The summed E-state index contributed by atoms with van der Waals surface area (Å²) in [5, 5.41) is 0.469. The van der Waals surface area contributed by atoms with Gasteiger partial charge in [0.1, 0.15) is 5.75 Å². The highest BCUT2D eigenvalue weighted by molar-refractivity contribution is 6.32. The lowest BCUT2D eigenvalue weighted by Crippen LogP contribution is -2.45. The zero-order chi connectivity index (χ0) is 20.7. The van der Waals surface area contributed by atoms with Crippen molar-refractivity contribution in [1.82, 2.24) is 14.5 Å². The second-order valence-corrected chi connectivity index (χ2v) is 7.85. The number of ether oxygens (including phenoxy) is 1. The van der Waals surface area contributed by atoms with Crippen molar-refractivity contribution in [3.8, 4) is 5.75 Å². The molecule has 1 fully saturated rings. The summed E-state index contributed by atoms with van der Waals surface area (Å²) in [4.78, 5) is 29.4. The number of imidazole rings is 1. The number of fused-ring (bicyclic) bond motifs is 1. The fourth-order valence-electron chi connectivity index (χ4n) is 4.26. The van der Waals surface area contributed by atoms with Gasteiger partial charge < -0.3 is 20.4 Å². The topological polar surface area (TPSA) is 93.3 Å². The first-order valence-corrected chi connectivity index (χ1v) is 9.87. The molecular formula is C21H23ClN4O3. The van der Waals surface area contributed by atoms with Crippen molar-refractivity contribution in [1.29, 1.82) is 0 Å². The van der Waals surface area contributed by atoms with Crippen LogP contribution >= 0.6 is 11.6 Å². The number of benzene rings is 2. The molecule has 3 aromatic rings. The molecule has 1 aromatic heterocycles. The summed E-state index contributed by atoms with van der Waals surface area (Å²) in [6, 6.07) is 10.5. The van der Waals surface area contributed by atoms with Gasteiger partial charge in [0, 0.05) is 12.6 Å². The number of urea groups is 1. The van der Waals surface area contributed by atoms with Crippen molar-refractivity contribution < 1.29 is 9.53 Å². The fourth-order valence-corrected chi connectivity index (χ4v) is 4.52. The number of nitrogens with two attached hydrogens (primary N) is 1. The van der Waals surface area contributed by atoms with E-state index in [0.29, 0.717) is 30.2 Å². The van der Waals surface area contributed by atoms with Gasteiger partial charge in [-0.15, -0.1) is 0 Å². The maximum atomic E-state index is 12.7. The van der Waals surface area contributed by atoms with E-state index in [4.69, 9.17) is 22.1 Å². The number of likely N-dealkylation sites (tertiary alicyclic amines) is 1. The molecule has 0 radical (unpaired) electrons. The molecule has 7 nitrogen and oxygen atoms in total. The van der Waals surface area contributed by atoms with E-state index >= 15 is 0 Å². The minimum Gasteiger partial charge on any atom is -0.495 e. The smallest absolute Gasteiger partial charge is 0.326 e. The number of carbonyl (C=O) groups excluding carboxylic acids is 1. The number of hydrogen-bond donors (Lipinski definition) is 2. The van der Waals surface area contributed by atoms with Crippen LogP contribution in [0.3, 0.4) is 0 Å². The number of aromatic amines is 1. The standard InChI is InChI=1S/C21H23ClN4O3/c1-12-3-5-17-16(9-12)24-21(28)26(17)14-7-8-25(20(23)27)18(11-14)13-4-6-19(29-2)15(22)10-13/h3-6,9-10,14,18H,7-8,11H2,1-2H3,(H2,23,27)(H,24,28). The maximum absolute atomic E-state index is 12.7. The van der Waals surface area contributed by atoms with Gasteiger partial charge in [0.15, 0.2) is 0 Å². The Hall–Kier alpha value is -2.93. The number of aromatic nitrogens is 2. The first-order chi connectivity index (χ1) is 13.9. The van der Waals surface area contributed by atoms with E-state index in [1.165, 1.54) is 0 Å². The normalized spacial score (nSPS) is 19.5. The number of rotatable bonds is 3. The highest BCUT2D eigenvalue weighted by atomic mass is 35.5. The van der Waals surface area contributed by atoms with E-state index in [1.54, 1.807) is 28.7 Å². The van der Waals surface area contributed by atoms with Gasteiger partial charge in [-0.05, 0) is 55.2 Å². The third-order valence-corrected chi connectivity index (χ3v) is 5.95. The van der Waals surface area contributed by atoms with Gasteiger partial charge in [0.05, 0.1) is 29.2 Å². The summed E-state index contributed by atoms with van der Waals surface area (Å²) < 4.78 is 7.03. The van der Waals surface area contributed by atoms with Gasteiger partial charge in [-0.2, -0.15) is 0 Å². The number of halogens is 1. The van der Waals surface area contributed by atoms with Crippen LogP contribution in [0.4, 0.5) is 4.79 Å². The van der Waals surface area contributed by atoms with Crippen molar-refractivity contribution in [2.45, 2.75) is 31.8 Å². The quantitative estimate of drug-likeness (QED) is 0.683. The lowest BCUT2D eigenvalue weighted by molar-refractivity contribution is 0.136. The molecule has 3 N–H and O–H groups in total. The van der Waals surface area contributed by atoms with Crippen LogP contribution < -0.4 is 16.2 Å². The van der Waals surface area contributed by atoms with Crippen molar-refractivity contribution in [2.75, 3.05) is 13.7 Å². The summed E-state index contributed by atoms with van der Waals surface area (Å²) in [5.74, 6) is 0.566. The molecule has 1 aliphatic rings. The van der Waals surface area contributed by atoms with Crippen molar-refractivity contribution in [3.05, 3.63) is 63.0 Å². The second kappa shape index (κ2) is 7.48. The third kappa shape index (κ3) is 3.46. The van der Waals surface area contributed by atoms with E-state index < -0.39 is 6.03 Å². The highest BCUT2D eigenvalue weighted by Crippen LogP contribution is 2.39. The minimum atomic E-state index is -0.484. The largest absolute Gasteiger partial charge is 0.495 e. The lowest BCUT2D eigenvalue weighted by atomic mass is 9.91. The molecule has 2 amide bonds. The van der Waals surface area contributed by atoms with E-state index in [2.05, 4.69) is 4.98 Å². The number of amides is 2. The Labute approximate surface area is 173 Å². The number of nitrogens with one attached hydrogen (secondary N) is 1. The molecule has 8 heteroatoms. The Morgan fingerprint density at radius 3 is 2.76 bits per heavy atom. The molecule has 4 rings (SSSR count). The van der Waals surface area contributed by atoms with Gasteiger partial charge in [0.25, 0.3) is 0 Å². The van der Waals surface area contributed by atoms with E-state index in [9.17, 15) is 9.59 Å². The van der Waals surface area contributed by atoms with Crippen LogP contribution in [0.2, 0.25) is 5.02 Å². The molecule has 1 aliphatic heterocycles. The third-order valence-electron chi connectivity index (χ3n) is 5.66. The van der Waals surface area contributed by atoms with Crippen LogP contribution in [-0.4, -0.2) is 34.1 Å². The summed E-state index contributed by atoms with van der Waals surface area (Å²) in [7, 11) is 1.55. The van der Waals surface area contributed by atoms with E-state index in [-0.39, 0.29) is 17.8 Å². The summed E-state index contributed by atoms with van der Waals surface area (Å²) >= 11 is 6.31. The number of H-pyrrole nitrogens is 1. The zero-order valence-electron chi connectivity index (χ0n) is 16.3. The molecule has 0 spiro atoms. The number of nitrogens with zero attached hydrogens (tertiary/aromatic N) is 2. The molecule has 2 heterocycles.